The summed E-state index contributed by atoms with van der Waals surface area (Å²) in [5.41, 5.74) is 4.10. The van der Waals surface area contributed by atoms with Crippen molar-refractivity contribution in [3.8, 4) is 0 Å². The van der Waals surface area contributed by atoms with E-state index in [9.17, 15) is 0 Å². The van der Waals surface area contributed by atoms with Crippen LogP contribution in [0.15, 0.2) is 36.8 Å². The molecule has 0 saturated heterocycles. The van der Waals surface area contributed by atoms with Crippen LogP contribution in [-0.4, -0.2) is 9.55 Å². The minimum atomic E-state index is 0. The summed E-state index contributed by atoms with van der Waals surface area (Å²) in [4.78, 5) is 4.26. The molecule has 3 rings (SSSR count). The zero-order valence-electron chi connectivity index (χ0n) is 9.97. The van der Waals surface area contributed by atoms with Gasteiger partial charge in [0, 0.05) is 11.9 Å². The Morgan fingerprint density at radius 2 is 2.00 bits per heavy atom. The highest BCUT2D eigenvalue weighted by Gasteiger charge is 2.20. The van der Waals surface area contributed by atoms with Crippen LogP contribution >= 0.6 is 12.4 Å². The summed E-state index contributed by atoms with van der Waals surface area (Å²) in [7, 11) is 0. The highest BCUT2D eigenvalue weighted by atomic mass is 35.5. The minimum absolute atomic E-state index is 0. The fourth-order valence-corrected chi connectivity index (χ4v) is 2.54. The first kappa shape index (κ1) is 12.2. The van der Waals surface area contributed by atoms with Crippen LogP contribution in [0.1, 0.15) is 35.7 Å². The predicted molar refractivity (Wildman–Crippen MR) is 71.7 cm³/mol. The van der Waals surface area contributed by atoms with Crippen molar-refractivity contribution in [1.29, 1.82) is 0 Å². The van der Waals surface area contributed by atoms with Gasteiger partial charge in [0.2, 0.25) is 0 Å². The molecule has 1 aliphatic rings. The van der Waals surface area contributed by atoms with Crippen LogP contribution in [0, 0.1) is 6.92 Å². The van der Waals surface area contributed by atoms with Gasteiger partial charge < -0.3 is 4.57 Å². The summed E-state index contributed by atoms with van der Waals surface area (Å²) in [5.74, 6) is 0. The van der Waals surface area contributed by atoms with Crippen LogP contribution in [0.25, 0.3) is 0 Å². The second kappa shape index (κ2) is 4.92. The molecule has 1 aliphatic heterocycles. The summed E-state index contributed by atoms with van der Waals surface area (Å²) in [6, 6.07) is 9.37. The van der Waals surface area contributed by atoms with Crippen molar-refractivity contribution < 1.29 is 0 Å². The Balaban J connectivity index is 0.00000108. The van der Waals surface area contributed by atoms with Crippen LogP contribution < -0.4 is 0 Å². The summed E-state index contributed by atoms with van der Waals surface area (Å²) in [6.07, 6.45) is 7.64. The maximum Gasteiger partial charge on any atom is 0.0953 e. The maximum atomic E-state index is 4.26. The van der Waals surface area contributed by atoms with Crippen molar-refractivity contribution in [2.45, 2.75) is 32.2 Å². The fourth-order valence-electron chi connectivity index (χ4n) is 2.54. The molecule has 2 heterocycles. The lowest BCUT2D eigenvalue weighted by Crippen LogP contribution is -2.17. The Labute approximate surface area is 108 Å². The summed E-state index contributed by atoms with van der Waals surface area (Å²) < 4.78 is 2.33. The molecule has 1 atom stereocenters. The van der Waals surface area contributed by atoms with E-state index in [0.29, 0.717) is 6.04 Å². The topological polar surface area (TPSA) is 17.8 Å². The Bertz CT molecular complexity index is 487. The lowest BCUT2D eigenvalue weighted by Gasteiger charge is -2.25. The number of aromatic nitrogens is 2. The van der Waals surface area contributed by atoms with Crippen LogP contribution in [-0.2, 0) is 6.42 Å². The second-order valence-electron chi connectivity index (χ2n) is 4.61. The molecule has 0 saturated carbocycles. The van der Waals surface area contributed by atoms with Crippen molar-refractivity contribution in [3.05, 3.63) is 53.6 Å². The third-order valence-corrected chi connectivity index (χ3v) is 3.45. The summed E-state index contributed by atoms with van der Waals surface area (Å²) in [6.45, 7) is 2.13. The van der Waals surface area contributed by atoms with Crippen LogP contribution in [0.4, 0.5) is 0 Å². The van der Waals surface area contributed by atoms with Crippen molar-refractivity contribution in [3.63, 3.8) is 0 Å². The Hall–Kier alpha value is -1.28. The van der Waals surface area contributed by atoms with E-state index in [4.69, 9.17) is 0 Å². The van der Waals surface area contributed by atoms with E-state index >= 15 is 0 Å². The number of nitrogens with zero attached hydrogens (tertiary/aromatic N) is 2. The number of benzene rings is 1. The maximum absolute atomic E-state index is 4.26. The smallest absolute Gasteiger partial charge is 0.0953 e. The third kappa shape index (κ3) is 2.22. The number of hydrogen-bond donors (Lipinski definition) is 0. The van der Waals surface area contributed by atoms with Gasteiger partial charge in [-0.25, -0.2) is 4.98 Å². The minimum Gasteiger partial charge on any atom is -0.327 e. The van der Waals surface area contributed by atoms with Crippen LogP contribution in [0.5, 0.6) is 0 Å². The van der Waals surface area contributed by atoms with Gasteiger partial charge in [0.05, 0.1) is 12.4 Å². The van der Waals surface area contributed by atoms with Gasteiger partial charge in [0.15, 0.2) is 0 Å². The molecule has 2 nitrogen and oxygen atoms in total. The number of hydrogen-bond acceptors (Lipinski definition) is 1. The SMILES string of the molecule is Cc1ccc(C2CCCc3cncn32)cc1.Cl. The van der Waals surface area contributed by atoms with Gasteiger partial charge in [-0.2, -0.15) is 0 Å². The molecule has 0 amide bonds. The molecular weight excluding hydrogens is 232 g/mol. The van der Waals surface area contributed by atoms with Gasteiger partial charge in [0.1, 0.15) is 0 Å². The van der Waals surface area contributed by atoms with Gasteiger partial charge >= 0.3 is 0 Å². The highest BCUT2D eigenvalue weighted by molar-refractivity contribution is 5.85. The first-order valence-corrected chi connectivity index (χ1v) is 5.92. The lowest BCUT2D eigenvalue weighted by molar-refractivity contribution is 0.458. The summed E-state index contributed by atoms with van der Waals surface area (Å²) >= 11 is 0. The van der Waals surface area contributed by atoms with Crippen molar-refractivity contribution >= 4 is 12.4 Å². The van der Waals surface area contributed by atoms with E-state index in [1.54, 1.807) is 0 Å². The zero-order chi connectivity index (χ0) is 11.0. The number of imidazole rings is 1. The van der Waals surface area contributed by atoms with Crippen LogP contribution in [0.2, 0.25) is 0 Å². The zero-order valence-corrected chi connectivity index (χ0v) is 10.8. The molecule has 1 aromatic carbocycles. The first-order valence-electron chi connectivity index (χ1n) is 5.92. The second-order valence-corrected chi connectivity index (χ2v) is 4.61. The van der Waals surface area contributed by atoms with Crippen molar-refractivity contribution in [2.75, 3.05) is 0 Å². The van der Waals surface area contributed by atoms with E-state index in [0.717, 1.165) is 0 Å². The van der Waals surface area contributed by atoms with Gasteiger partial charge in [-0.05, 0) is 31.7 Å². The molecule has 1 unspecified atom stereocenters. The van der Waals surface area contributed by atoms with E-state index in [1.165, 1.54) is 36.1 Å². The van der Waals surface area contributed by atoms with Crippen molar-refractivity contribution in [1.82, 2.24) is 9.55 Å². The molecule has 2 aromatic rings. The Kier molecular flexibility index (Phi) is 3.53. The molecule has 90 valence electrons. The Morgan fingerprint density at radius 1 is 1.24 bits per heavy atom. The average molecular weight is 249 g/mol. The molecule has 0 bridgehead atoms. The van der Waals surface area contributed by atoms with Gasteiger partial charge in [-0.3, -0.25) is 0 Å². The normalized spacial score (nSPS) is 18.3. The Morgan fingerprint density at radius 3 is 2.76 bits per heavy atom. The monoisotopic (exact) mass is 248 g/mol. The quantitative estimate of drug-likeness (QED) is 0.755. The highest BCUT2D eigenvalue weighted by Crippen LogP contribution is 2.30. The molecular formula is C14H17ClN2. The van der Waals surface area contributed by atoms with Crippen LogP contribution in [0.3, 0.4) is 0 Å². The molecule has 3 heteroatoms. The largest absolute Gasteiger partial charge is 0.327 e. The number of aryl methyl sites for hydroxylation is 2. The van der Waals surface area contributed by atoms with E-state index in [2.05, 4.69) is 40.7 Å². The van der Waals surface area contributed by atoms with Gasteiger partial charge in [-0.1, -0.05) is 29.8 Å². The molecule has 0 radical (unpaired) electrons. The molecule has 0 spiro atoms. The fraction of sp³-hybridized carbons (Fsp3) is 0.357. The number of fused-ring (bicyclic) bond motifs is 1. The standard InChI is InChI=1S/C14H16N2.ClH/c1-11-5-7-12(8-6-11)14-4-2-3-13-9-15-10-16(13)14;/h5-10,14H,2-4H2,1H3;1H. The number of halogens is 1. The first-order chi connectivity index (χ1) is 7.84. The molecule has 1 aromatic heterocycles. The predicted octanol–water partition coefficient (Wildman–Crippen LogP) is 3.54. The molecule has 17 heavy (non-hydrogen) atoms. The number of rotatable bonds is 1. The average Bonchev–Trinajstić information content (AvgIpc) is 2.78. The van der Waals surface area contributed by atoms with Crippen molar-refractivity contribution in [2.24, 2.45) is 0 Å². The molecule has 0 fully saturated rings. The lowest BCUT2D eigenvalue weighted by atomic mass is 9.96. The van der Waals surface area contributed by atoms with E-state index < -0.39 is 0 Å². The molecule has 0 aliphatic carbocycles. The van der Waals surface area contributed by atoms with E-state index in [-0.39, 0.29) is 12.4 Å². The summed E-state index contributed by atoms with van der Waals surface area (Å²) in [5, 5.41) is 0. The van der Waals surface area contributed by atoms with Gasteiger partial charge in [-0.15, -0.1) is 12.4 Å². The molecule has 0 N–H and O–H groups in total. The van der Waals surface area contributed by atoms with Gasteiger partial charge in [0.25, 0.3) is 0 Å². The van der Waals surface area contributed by atoms with E-state index in [1.807, 2.05) is 12.5 Å². The third-order valence-electron chi connectivity index (χ3n) is 3.45.